The summed E-state index contributed by atoms with van der Waals surface area (Å²) in [7, 11) is 1.29. The van der Waals surface area contributed by atoms with Crippen molar-refractivity contribution in [3.8, 4) is 11.6 Å². The van der Waals surface area contributed by atoms with Gasteiger partial charge >= 0.3 is 5.97 Å². The van der Waals surface area contributed by atoms with Crippen LogP contribution in [0.2, 0.25) is 0 Å². The molecule has 0 saturated carbocycles. The highest BCUT2D eigenvalue weighted by Crippen LogP contribution is 2.31. The van der Waals surface area contributed by atoms with E-state index in [0.29, 0.717) is 11.4 Å². The number of halogens is 1. The zero-order valence-corrected chi connectivity index (χ0v) is 13.5. The highest BCUT2D eigenvalue weighted by atomic mass is 79.9. The van der Waals surface area contributed by atoms with Crippen molar-refractivity contribution in [3.05, 3.63) is 45.6 Å². The number of carbonyl (C=O) groups is 1. The molecule has 21 heavy (non-hydrogen) atoms. The molecule has 5 nitrogen and oxygen atoms in total. The minimum Gasteiger partial charge on any atom is -0.464 e. The summed E-state index contributed by atoms with van der Waals surface area (Å²) >= 11 is 3.50. The lowest BCUT2D eigenvalue weighted by molar-refractivity contribution is 0.0593. The molecule has 2 rings (SSSR count). The molecule has 0 fully saturated rings. The first-order valence-electron chi connectivity index (χ1n) is 6.21. The Bertz CT molecular complexity index is 678. The maximum atomic E-state index is 11.5. The normalized spacial score (nSPS) is 10.3. The van der Waals surface area contributed by atoms with Crippen molar-refractivity contribution in [2.75, 3.05) is 12.8 Å². The Kier molecular flexibility index (Phi) is 4.47. The second kappa shape index (κ2) is 6.13. The molecule has 1 aromatic heterocycles. The van der Waals surface area contributed by atoms with Crippen LogP contribution in [0.25, 0.3) is 0 Å². The monoisotopic (exact) mass is 350 g/mol. The average Bonchev–Trinajstić information content (AvgIpc) is 2.46. The second-order valence-electron chi connectivity index (χ2n) is 4.56. The fourth-order valence-electron chi connectivity index (χ4n) is 1.83. The van der Waals surface area contributed by atoms with Crippen LogP contribution < -0.4 is 10.5 Å². The first-order valence-corrected chi connectivity index (χ1v) is 7.01. The summed E-state index contributed by atoms with van der Waals surface area (Å²) in [4.78, 5) is 15.6. The van der Waals surface area contributed by atoms with Crippen molar-refractivity contribution in [2.45, 2.75) is 13.8 Å². The SMILES string of the molecule is COC(=O)c1ccc(N)c(Oc2cc(C)c(Br)c(C)c2)n1. The van der Waals surface area contributed by atoms with E-state index < -0.39 is 5.97 Å². The zero-order valence-electron chi connectivity index (χ0n) is 11.9. The first-order chi connectivity index (χ1) is 9.92. The van der Waals surface area contributed by atoms with E-state index in [0.717, 1.165) is 15.6 Å². The smallest absolute Gasteiger partial charge is 0.356 e. The highest BCUT2D eigenvalue weighted by molar-refractivity contribution is 9.10. The van der Waals surface area contributed by atoms with E-state index >= 15 is 0 Å². The summed E-state index contributed by atoms with van der Waals surface area (Å²) < 4.78 is 11.4. The van der Waals surface area contributed by atoms with Crippen molar-refractivity contribution in [3.63, 3.8) is 0 Å². The lowest BCUT2D eigenvalue weighted by Crippen LogP contribution is -2.06. The van der Waals surface area contributed by atoms with Gasteiger partial charge in [-0.25, -0.2) is 9.78 Å². The van der Waals surface area contributed by atoms with Crippen LogP contribution in [-0.2, 0) is 4.74 Å². The van der Waals surface area contributed by atoms with Gasteiger partial charge in [0.1, 0.15) is 5.75 Å². The van der Waals surface area contributed by atoms with E-state index in [1.54, 1.807) is 6.07 Å². The molecule has 1 heterocycles. The summed E-state index contributed by atoms with van der Waals surface area (Å²) in [5.74, 6) is 0.247. The van der Waals surface area contributed by atoms with Crippen LogP contribution in [0.4, 0.5) is 5.69 Å². The third kappa shape index (κ3) is 3.33. The van der Waals surface area contributed by atoms with Gasteiger partial charge in [0.05, 0.1) is 12.8 Å². The largest absolute Gasteiger partial charge is 0.464 e. The lowest BCUT2D eigenvalue weighted by atomic mass is 10.1. The molecule has 0 atom stereocenters. The maximum Gasteiger partial charge on any atom is 0.356 e. The number of aromatic nitrogens is 1. The summed E-state index contributed by atoms with van der Waals surface area (Å²) in [6.45, 7) is 3.93. The van der Waals surface area contributed by atoms with Crippen molar-refractivity contribution in [1.82, 2.24) is 4.98 Å². The van der Waals surface area contributed by atoms with E-state index in [1.807, 2.05) is 26.0 Å². The minimum absolute atomic E-state index is 0.146. The summed E-state index contributed by atoms with van der Waals surface area (Å²) in [6, 6.07) is 6.78. The quantitative estimate of drug-likeness (QED) is 0.855. The molecule has 0 bridgehead atoms. The van der Waals surface area contributed by atoms with E-state index in [-0.39, 0.29) is 11.6 Å². The fourth-order valence-corrected chi connectivity index (χ4v) is 2.06. The van der Waals surface area contributed by atoms with Gasteiger partial charge in [-0.05, 0) is 49.2 Å². The number of carbonyl (C=O) groups excluding carboxylic acids is 1. The summed E-state index contributed by atoms with van der Waals surface area (Å²) in [5, 5.41) is 0. The fraction of sp³-hybridized carbons (Fsp3) is 0.200. The Morgan fingerprint density at radius 2 is 1.86 bits per heavy atom. The van der Waals surface area contributed by atoms with Gasteiger partial charge in [-0.2, -0.15) is 0 Å². The van der Waals surface area contributed by atoms with Crippen LogP contribution >= 0.6 is 15.9 Å². The standard InChI is InChI=1S/C15H15BrN2O3/c1-8-6-10(7-9(2)13(8)16)21-14-11(17)4-5-12(18-14)15(19)20-3/h4-7H,17H2,1-3H3. The van der Waals surface area contributed by atoms with Gasteiger partial charge in [-0.3, -0.25) is 0 Å². The molecule has 0 spiro atoms. The van der Waals surface area contributed by atoms with Crippen molar-refractivity contribution >= 4 is 27.6 Å². The van der Waals surface area contributed by atoms with Crippen molar-refractivity contribution in [1.29, 1.82) is 0 Å². The van der Waals surface area contributed by atoms with E-state index in [2.05, 4.69) is 25.7 Å². The Hall–Kier alpha value is -2.08. The molecule has 0 radical (unpaired) electrons. The number of anilines is 1. The van der Waals surface area contributed by atoms with Gasteiger partial charge in [0.15, 0.2) is 5.69 Å². The van der Waals surface area contributed by atoms with Crippen LogP contribution in [0.3, 0.4) is 0 Å². The number of nitrogens with zero attached hydrogens (tertiary/aromatic N) is 1. The average molecular weight is 351 g/mol. The molecule has 2 N–H and O–H groups in total. The number of pyridine rings is 1. The van der Waals surface area contributed by atoms with Gasteiger partial charge in [0, 0.05) is 4.47 Å². The Balaban J connectivity index is 2.37. The number of benzene rings is 1. The third-order valence-corrected chi connectivity index (χ3v) is 4.16. The number of rotatable bonds is 3. The third-order valence-electron chi connectivity index (χ3n) is 2.91. The predicted octanol–water partition coefficient (Wildman–Crippen LogP) is 3.62. The molecule has 2 aromatic rings. The number of aryl methyl sites for hydroxylation is 2. The molecule has 0 unspecified atom stereocenters. The van der Waals surface area contributed by atoms with Gasteiger partial charge in [0.25, 0.3) is 0 Å². The molecule has 110 valence electrons. The first kappa shape index (κ1) is 15.3. The Labute approximate surface area is 131 Å². The van der Waals surface area contributed by atoms with E-state index in [9.17, 15) is 4.79 Å². The molecule has 0 aliphatic heterocycles. The molecule has 0 aliphatic carbocycles. The van der Waals surface area contributed by atoms with Crippen molar-refractivity contribution < 1.29 is 14.3 Å². The molecule has 6 heteroatoms. The van der Waals surface area contributed by atoms with Crippen LogP contribution in [0.15, 0.2) is 28.7 Å². The van der Waals surface area contributed by atoms with Gasteiger partial charge in [-0.15, -0.1) is 0 Å². The topological polar surface area (TPSA) is 74.4 Å². The summed E-state index contributed by atoms with van der Waals surface area (Å²) in [6.07, 6.45) is 0. The number of nitrogens with two attached hydrogens (primary N) is 1. The Morgan fingerprint density at radius 1 is 1.24 bits per heavy atom. The number of esters is 1. The number of nitrogen functional groups attached to an aromatic ring is 1. The highest BCUT2D eigenvalue weighted by Gasteiger charge is 2.13. The van der Waals surface area contributed by atoms with Crippen molar-refractivity contribution in [2.24, 2.45) is 0 Å². The number of methoxy groups -OCH3 is 1. The van der Waals surface area contributed by atoms with Crippen LogP contribution in [0, 0.1) is 13.8 Å². The molecular weight excluding hydrogens is 336 g/mol. The van der Waals surface area contributed by atoms with Gasteiger partial charge in [0.2, 0.25) is 5.88 Å². The number of ether oxygens (including phenoxy) is 2. The molecule has 0 aliphatic rings. The van der Waals surface area contributed by atoms with E-state index in [1.165, 1.54) is 13.2 Å². The van der Waals surface area contributed by atoms with Gasteiger partial charge in [-0.1, -0.05) is 15.9 Å². The van der Waals surface area contributed by atoms with Crippen LogP contribution in [-0.4, -0.2) is 18.1 Å². The minimum atomic E-state index is -0.539. The zero-order chi connectivity index (χ0) is 15.6. The number of hydrogen-bond acceptors (Lipinski definition) is 5. The van der Waals surface area contributed by atoms with Crippen LogP contribution in [0.5, 0.6) is 11.6 Å². The van der Waals surface area contributed by atoms with Gasteiger partial charge < -0.3 is 15.2 Å². The predicted molar refractivity (Wildman–Crippen MR) is 83.7 cm³/mol. The molecule has 1 aromatic carbocycles. The second-order valence-corrected chi connectivity index (χ2v) is 5.35. The molecule has 0 amide bonds. The summed E-state index contributed by atoms with van der Waals surface area (Å²) in [5.41, 5.74) is 8.40. The maximum absolute atomic E-state index is 11.5. The van der Waals surface area contributed by atoms with E-state index in [4.69, 9.17) is 10.5 Å². The number of hydrogen-bond donors (Lipinski definition) is 1. The van der Waals surface area contributed by atoms with Crippen LogP contribution in [0.1, 0.15) is 21.6 Å². The Morgan fingerprint density at radius 3 is 2.43 bits per heavy atom. The lowest BCUT2D eigenvalue weighted by Gasteiger charge is -2.11. The molecular formula is C15H15BrN2O3. The molecule has 0 saturated heterocycles.